The van der Waals surface area contributed by atoms with Gasteiger partial charge in [0.15, 0.2) is 5.69 Å². The topological polar surface area (TPSA) is 157 Å². The first-order valence-electron chi connectivity index (χ1n) is 12.5. The van der Waals surface area contributed by atoms with Crippen molar-refractivity contribution in [2.75, 3.05) is 20.6 Å². The maximum Gasteiger partial charge on any atom is 0.274 e. The molecule has 3 atom stereocenters. The number of nitrogens with one attached hydrogen (secondary N) is 3. The molecule has 1 aliphatic rings. The Bertz CT molecular complexity index is 1280. The standard InChI is InChI=1S/C27H31FN6O5/c1-16-11-23(33-39-16)26(37)32-22(12-17-6-8-20(28)9-7-17)25(36)31-21(13-18-5-4-10-30-24(18)35)14-19(15-29)27(38)34(2)3/h6-9,11,14,18,21-22H,4-5,10,12-13H2,1-3H3,(H,30,35)(H,31,36)(H,32,37). The van der Waals surface area contributed by atoms with E-state index >= 15 is 0 Å². The molecule has 3 N–H and O–H groups in total. The molecule has 3 rings (SSSR count). The van der Waals surface area contributed by atoms with Crippen LogP contribution in [0.1, 0.15) is 41.1 Å². The van der Waals surface area contributed by atoms with Gasteiger partial charge in [0.25, 0.3) is 11.8 Å². The molecule has 0 aliphatic carbocycles. The van der Waals surface area contributed by atoms with Crippen molar-refractivity contribution in [2.45, 2.75) is 44.7 Å². The molecular weight excluding hydrogens is 507 g/mol. The lowest BCUT2D eigenvalue weighted by Crippen LogP contribution is -2.51. The van der Waals surface area contributed by atoms with Gasteiger partial charge in [-0.2, -0.15) is 5.26 Å². The summed E-state index contributed by atoms with van der Waals surface area (Å²) < 4.78 is 18.4. The minimum Gasteiger partial charge on any atom is -0.361 e. The molecule has 39 heavy (non-hydrogen) atoms. The summed E-state index contributed by atoms with van der Waals surface area (Å²) in [5.41, 5.74) is 0.356. The van der Waals surface area contributed by atoms with Crippen LogP contribution in [-0.4, -0.2) is 66.4 Å². The SMILES string of the molecule is Cc1cc(C(=O)NC(Cc2ccc(F)cc2)C(=O)NC(C=C(C#N)C(=O)N(C)C)CC2CCCNC2=O)no1. The zero-order valence-corrected chi connectivity index (χ0v) is 22.0. The second kappa shape index (κ2) is 13.3. The number of hydrogen-bond acceptors (Lipinski definition) is 7. The molecule has 0 radical (unpaired) electrons. The van der Waals surface area contributed by atoms with Gasteiger partial charge in [-0.15, -0.1) is 0 Å². The highest BCUT2D eigenvalue weighted by Crippen LogP contribution is 2.19. The number of hydrogen-bond donors (Lipinski definition) is 3. The van der Waals surface area contributed by atoms with Gasteiger partial charge in [-0.1, -0.05) is 17.3 Å². The molecule has 11 nitrogen and oxygen atoms in total. The molecule has 1 aromatic heterocycles. The van der Waals surface area contributed by atoms with Gasteiger partial charge >= 0.3 is 0 Å². The van der Waals surface area contributed by atoms with Gasteiger partial charge in [0.2, 0.25) is 11.8 Å². The molecule has 0 spiro atoms. The lowest BCUT2D eigenvalue weighted by Gasteiger charge is -2.27. The number of amides is 4. The molecular formula is C27H31FN6O5. The Hall–Kier alpha value is -4.53. The smallest absolute Gasteiger partial charge is 0.274 e. The summed E-state index contributed by atoms with van der Waals surface area (Å²) in [6.45, 7) is 2.17. The first kappa shape index (κ1) is 29.0. The van der Waals surface area contributed by atoms with Crippen LogP contribution in [0.4, 0.5) is 4.39 Å². The summed E-state index contributed by atoms with van der Waals surface area (Å²) in [5.74, 6) is -2.50. The third kappa shape index (κ3) is 8.23. The number of benzene rings is 1. The van der Waals surface area contributed by atoms with Crippen LogP contribution in [0.15, 0.2) is 46.5 Å². The van der Waals surface area contributed by atoms with E-state index in [-0.39, 0.29) is 30.0 Å². The number of aryl methyl sites for hydroxylation is 1. The molecule has 206 valence electrons. The summed E-state index contributed by atoms with van der Waals surface area (Å²) in [7, 11) is 2.99. The number of nitriles is 1. The highest BCUT2D eigenvalue weighted by Gasteiger charge is 2.30. The molecule has 3 unspecified atom stereocenters. The Morgan fingerprint density at radius 3 is 2.59 bits per heavy atom. The van der Waals surface area contributed by atoms with Crippen molar-refractivity contribution in [1.29, 1.82) is 5.26 Å². The van der Waals surface area contributed by atoms with E-state index in [2.05, 4.69) is 21.1 Å². The van der Waals surface area contributed by atoms with Crippen LogP contribution in [0.5, 0.6) is 0 Å². The third-order valence-electron chi connectivity index (χ3n) is 6.23. The molecule has 1 fully saturated rings. The number of aromatic nitrogens is 1. The van der Waals surface area contributed by atoms with Crippen molar-refractivity contribution in [3.05, 3.63) is 64.8 Å². The Morgan fingerprint density at radius 2 is 2.00 bits per heavy atom. The molecule has 12 heteroatoms. The van der Waals surface area contributed by atoms with Crippen LogP contribution in [-0.2, 0) is 20.8 Å². The predicted molar refractivity (Wildman–Crippen MR) is 137 cm³/mol. The van der Waals surface area contributed by atoms with Gasteiger partial charge < -0.3 is 25.4 Å². The molecule has 2 heterocycles. The minimum absolute atomic E-state index is 0.0107. The van der Waals surface area contributed by atoms with Crippen LogP contribution in [0, 0.1) is 30.0 Å². The monoisotopic (exact) mass is 538 g/mol. The van der Waals surface area contributed by atoms with Gasteiger partial charge in [-0.05, 0) is 50.0 Å². The second-order valence-corrected chi connectivity index (χ2v) is 9.55. The Balaban J connectivity index is 1.89. The third-order valence-corrected chi connectivity index (χ3v) is 6.23. The van der Waals surface area contributed by atoms with Gasteiger partial charge in [0.1, 0.15) is 29.3 Å². The summed E-state index contributed by atoms with van der Waals surface area (Å²) in [4.78, 5) is 52.5. The quantitative estimate of drug-likeness (QED) is 0.305. The lowest BCUT2D eigenvalue weighted by atomic mass is 9.90. The fourth-order valence-corrected chi connectivity index (χ4v) is 4.19. The van der Waals surface area contributed by atoms with Crippen molar-refractivity contribution >= 4 is 23.6 Å². The van der Waals surface area contributed by atoms with E-state index in [4.69, 9.17) is 4.52 Å². The fourth-order valence-electron chi connectivity index (χ4n) is 4.19. The first-order chi connectivity index (χ1) is 18.6. The number of piperidine rings is 1. The number of halogens is 1. The molecule has 1 saturated heterocycles. The normalized spacial score (nSPS) is 16.8. The average Bonchev–Trinajstić information content (AvgIpc) is 3.35. The van der Waals surface area contributed by atoms with Gasteiger partial charge in [0.05, 0.1) is 0 Å². The first-order valence-corrected chi connectivity index (χ1v) is 12.5. The van der Waals surface area contributed by atoms with Crippen molar-refractivity contribution in [1.82, 2.24) is 26.0 Å². The highest BCUT2D eigenvalue weighted by molar-refractivity contribution is 5.98. The van der Waals surface area contributed by atoms with E-state index in [9.17, 15) is 28.8 Å². The molecule has 4 amide bonds. The summed E-state index contributed by atoms with van der Waals surface area (Å²) in [6.07, 6.45) is 2.82. The molecule has 1 aliphatic heterocycles. The molecule has 0 saturated carbocycles. The molecule has 1 aromatic carbocycles. The second-order valence-electron chi connectivity index (χ2n) is 9.55. The summed E-state index contributed by atoms with van der Waals surface area (Å²) >= 11 is 0. The molecule has 0 bridgehead atoms. The fraction of sp³-hybridized carbons (Fsp3) is 0.407. The van der Waals surface area contributed by atoms with Crippen LogP contribution in [0.25, 0.3) is 0 Å². The van der Waals surface area contributed by atoms with Crippen molar-refractivity contribution < 1.29 is 28.1 Å². The minimum atomic E-state index is -1.13. The summed E-state index contributed by atoms with van der Waals surface area (Å²) in [6, 6.07) is 6.75. The number of nitrogens with zero attached hydrogens (tertiary/aromatic N) is 3. The Labute approximate surface area is 225 Å². The largest absolute Gasteiger partial charge is 0.361 e. The number of rotatable bonds is 10. The Morgan fingerprint density at radius 1 is 1.28 bits per heavy atom. The van der Waals surface area contributed by atoms with Gasteiger partial charge in [-0.3, -0.25) is 19.2 Å². The lowest BCUT2D eigenvalue weighted by molar-refractivity contribution is -0.128. The maximum absolute atomic E-state index is 13.5. The van der Waals surface area contributed by atoms with Crippen LogP contribution in [0.2, 0.25) is 0 Å². The average molecular weight is 539 g/mol. The van der Waals surface area contributed by atoms with Crippen molar-refractivity contribution in [2.24, 2.45) is 5.92 Å². The Kier molecular flexibility index (Phi) is 9.92. The number of carbonyl (C=O) groups is 4. The van der Waals surface area contributed by atoms with Crippen LogP contribution >= 0.6 is 0 Å². The highest BCUT2D eigenvalue weighted by atomic mass is 19.1. The van der Waals surface area contributed by atoms with E-state index in [1.54, 1.807) is 6.92 Å². The van der Waals surface area contributed by atoms with Crippen molar-refractivity contribution in [3.8, 4) is 6.07 Å². The van der Waals surface area contributed by atoms with Crippen LogP contribution < -0.4 is 16.0 Å². The zero-order valence-electron chi connectivity index (χ0n) is 22.0. The maximum atomic E-state index is 13.5. The summed E-state index contributed by atoms with van der Waals surface area (Å²) in [5, 5.41) is 21.5. The van der Waals surface area contributed by atoms with Gasteiger partial charge in [-0.25, -0.2) is 4.39 Å². The predicted octanol–water partition coefficient (Wildman–Crippen LogP) is 1.40. The number of likely N-dealkylation sites (N-methyl/N-ethyl adjacent to an activating group) is 1. The van der Waals surface area contributed by atoms with E-state index < -0.39 is 41.5 Å². The van der Waals surface area contributed by atoms with E-state index in [0.717, 1.165) is 6.42 Å². The van der Waals surface area contributed by atoms with E-state index in [1.165, 1.54) is 55.4 Å². The zero-order chi connectivity index (χ0) is 28.5. The van der Waals surface area contributed by atoms with E-state index in [0.29, 0.717) is 24.3 Å². The van der Waals surface area contributed by atoms with Crippen LogP contribution in [0.3, 0.4) is 0 Å². The van der Waals surface area contributed by atoms with Crippen molar-refractivity contribution in [3.63, 3.8) is 0 Å². The number of carbonyl (C=O) groups excluding carboxylic acids is 4. The van der Waals surface area contributed by atoms with Gasteiger partial charge in [0, 0.05) is 45.1 Å². The molecule has 2 aromatic rings. The van der Waals surface area contributed by atoms with E-state index in [1.807, 2.05) is 6.07 Å².